The molecule has 1 aliphatic heterocycles. The number of hydrogen-bond donors (Lipinski definition) is 1. The highest BCUT2D eigenvalue weighted by molar-refractivity contribution is 5.23. The average molecular weight is 335 g/mol. The zero-order chi connectivity index (χ0) is 17.3. The molecule has 0 bridgehead atoms. The fourth-order valence-electron chi connectivity index (χ4n) is 3.49. The topological polar surface area (TPSA) is 38.7 Å². The fourth-order valence-corrected chi connectivity index (χ4v) is 3.49. The van der Waals surface area contributed by atoms with Crippen LogP contribution in [0.15, 0.2) is 36.0 Å². The van der Waals surface area contributed by atoms with Crippen molar-refractivity contribution in [1.29, 1.82) is 0 Å². The molecular formula is C21H34O3. The Morgan fingerprint density at radius 3 is 2.62 bits per heavy atom. The highest BCUT2D eigenvalue weighted by atomic mass is 16.7. The average Bonchev–Trinajstić information content (AvgIpc) is 3.14. The number of ether oxygens (including phenoxy) is 2. The Balaban J connectivity index is 1.69. The zero-order valence-corrected chi connectivity index (χ0v) is 15.4. The highest BCUT2D eigenvalue weighted by Crippen LogP contribution is 2.41. The monoisotopic (exact) mass is 334 g/mol. The second kappa shape index (κ2) is 10.2. The predicted octanol–water partition coefficient (Wildman–Crippen LogP) is 4.92. The van der Waals surface area contributed by atoms with Gasteiger partial charge >= 0.3 is 0 Å². The molecule has 136 valence electrons. The minimum absolute atomic E-state index is 0.119. The van der Waals surface area contributed by atoms with Crippen molar-refractivity contribution in [3.8, 4) is 0 Å². The van der Waals surface area contributed by atoms with Gasteiger partial charge in [-0.15, -0.1) is 0 Å². The molecule has 2 fully saturated rings. The van der Waals surface area contributed by atoms with Crippen molar-refractivity contribution < 1.29 is 14.6 Å². The molecule has 2 rings (SSSR count). The molecule has 3 heteroatoms. The Labute approximate surface area is 147 Å². The second-order valence-corrected chi connectivity index (χ2v) is 7.15. The van der Waals surface area contributed by atoms with E-state index in [0.29, 0.717) is 19.6 Å². The first-order valence-corrected chi connectivity index (χ1v) is 9.63. The molecule has 0 radical (unpaired) electrons. The summed E-state index contributed by atoms with van der Waals surface area (Å²) in [6.07, 6.45) is 19.5. The quantitative estimate of drug-likeness (QED) is 0.480. The van der Waals surface area contributed by atoms with Crippen molar-refractivity contribution in [2.75, 3.05) is 13.2 Å². The largest absolute Gasteiger partial charge is 0.392 e. The Morgan fingerprint density at radius 1 is 1.12 bits per heavy atom. The zero-order valence-electron chi connectivity index (χ0n) is 15.4. The van der Waals surface area contributed by atoms with Gasteiger partial charge in [0.2, 0.25) is 0 Å². The minimum Gasteiger partial charge on any atom is -0.392 e. The summed E-state index contributed by atoms with van der Waals surface area (Å²) in [5.41, 5.74) is 1.21. The van der Waals surface area contributed by atoms with Crippen LogP contribution in [0.3, 0.4) is 0 Å². The van der Waals surface area contributed by atoms with Gasteiger partial charge in [-0.05, 0) is 19.8 Å². The first kappa shape index (κ1) is 19.4. The molecular weight excluding hydrogens is 300 g/mol. The van der Waals surface area contributed by atoms with Crippen LogP contribution in [0.1, 0.15) is 65.2 Å². The Hall–Kier alpha value is -0.900. The molecule has 1 heterocycles. The molecule has 1 saturated carbocycles. The summed E-state index contributed by atoms with van der Waals surface area (Å²) in [6.45, 7) is 5.64. The van der Waals surface area contributed by atoms with Gasteiger partial charge in [0, 0.05) is 18.8 Å². The first-order chi connectivity index (χ1) is 11.7. The molecule has 24 heavy (non-hydrogen) atoms. The third-order valence-corrected chi connectivity index (χ3v) is 4.95. The molecule has 2 atom stereocenters. The lowest BCUT2D eigenvalue weighted by Crippen LogP contribution is -2.26. The van der Waals surface area contributed by atoms with Crippen LogP contribution in [0.2, 0.25) is 0 Å². The maximum atomic E-state index is 10.2. The minimum atomic E-state index is -0.524. The summed E-state index contributed by atoms with van der Waals surface area (Å²) in [6, 6.07) is 0. The summed E-state index contributed by atoms with van der Waals surface area (Å²) in [5.74, 6) is -0.405. The van der Waals surface area contributed by atoms with E-state index in [1.165, 1.54) is 37.7 Å². The van der Waals surface area contributed by atoms with E-state index in [1.54, 1.807) is 0 Å². The number of aliphatic hydroxyl groups excluding tert-OH is 1. The van der Waals surface area contributed by atoms with Crippen molar-refractivity contribution in [3.05, 3.63) is 36.0 Å². The van der Waals surface area contributed by atoms with Crippen LogP contribution in [0.5, 0.6) is 0 Å². The van der Waals surface area contributed by atoms with Crippen LogP contribution in [0.25, 0.3) is 0 Å². The van der Waals surface area contributed by atoms with E-state index in [0.717, 1.165) is 12.8 Å². The van der Waals surface area contributed by atoms with Crippen LogP contribution >= 0.6 is 0 Å². The lowest BCUT2D eigenvalue weighted by molar-refractivity contribution is -0.155. The summed E-state index contributed by atoms with van der Waals surface area (Å²) in [7, 11) is 0. The molecule has 0 aromatic heterocycles. The van der Waals surface area contributed by atoms with Gasteiger partial charge in [0.05, 0.1) is 19.3 Å². The van der Waals surface area contributed by atoms with Gasteiger partial charge in [0.25, 0.3) is 0 Å². The summed E-state index contributed by atoms with van der Waals surface area (Å²) < 4.78 is 11.4. The van der Waals surface area contributed by atoms with Crippen molar-refractivity contribution >= 4 is 0 Å². The normalized spacial score (nSPS) is 27.2. The van der Waals surface area contributed by atoms with Crippen molar-refractivity contribution in [2.45, 2.75) is 77.1 Å². The van der Waals surface area contributed by atoms with Gasteiger partial charge in [-0.25, -0.2) is 0 Å². The van der Waals surface area contributed by atoms with E-state index in [2.05, 4.69) is 44.2 Å². The third kappa shape index (κ3) is 6.19. The number of hydrogen-bond acceptors (Lipinski definition) is 3. The molecule has 0 unspecified atom stereocenters. The van der Waals surface area contributed by atoms with Gasteiger partial charge in [-0.3, -0.25) is 0 Å². The van der Waals surface area contributed by atoms with E-state index in [4.69, 9.17) is 9.47 Å². The Kier molecular flexibility index (Phi) is 8.23. The maximum absolute atomic E-state index is 10.2. The molecule has 2 aliphatic rings. The van der Waals surface area contributed by atoms with Crippen LogP contribution in [-0.4, -0.2) is 30.2 Å². The van der Waals surface area contributed by atoms with Gasteiger partial charge in [-0.1, -0.05) is 68.6 Å². The lowest BCUT2D eigenvalue weighted by atomic mass is 10.0. The SMILES string of the molecule is CCCCCCC/C=C/C=C(C)/C=C/[C@H]1CC2(C[C@@H]1O)OCCO2. The molecule has 0 aromatic rings. The Morgan fingerprint density at radius 2 is 1.88 bits per heavy atom. The fraction of sp³-hybridized carbons (Fsp3) is 0.714. The van der Waals surface area contributed by atoms with E-state index < -0.39 is 5.79 Å². The smallest absolute Gasteiger partial charge is 0.171 e. The Bertz CT molecular complexity index is 444. The highest BCUT2D eigenvalue weighted by Gasteiger charge is 2.48. The van der Waals surface area contributed by atoms with Crippen LogP contribution in [0, 0.1) is 5.92 Å². The van der Waals surface area contributed by atoms with Crippen molar-refractivity contribution in [3.63, 3.8) is 0 Å². The van der Waals surface area contributed by atoms with E-state index in [9.17, 15) is 5.11 Å². The molecule has 0 aromatic carbocycles. The molecule has 1 N–H and O–H groups in total. The molecule has 1 spiro atoms. The molecule has 1 aliphatic carbocycles. The van der Waals surface area contributed by atoms with Crippen LogP contribution < -0.4 is 0 Å². The second-order valence-electron chi connectivity index (χ2n) is 7.15. The molecule has 0 amide bonds. The van der Waals surface area contributed by atoms with E-state index in [1.807, 2.05) is 0 Å². The molecule has 3 nitrogen and oxygen atoms in total. The first-order valence-electron chi connectivity index (χ1n) is 9.63. The number of unbranched alkanes of at least 4 members (excludes halogenated alkanes) is 5. The van der Waals surface area contributed by atoms with Gasteiger partial charge in [0.15, 0.2) is 5.79 Å². The summed E-state index contributed by atoms with van der Waals surface area (Å²) in [4.78, 5) is 0. The van der Waals surface area contributed by atoms with E-state index in [-0.39, 0.29) is 12.0 Å². The van der Waals surface area contributed by atoms with Crippen molar-refractivity contribution in [1.82, 2.24) is 0 Å². The standard InChI is InChI=1S/C21H34O3/c1-3-4-5-6-7-8-9-10-11-18(2)12-13-19-16-21(17-20(19)22)23-14-15-24-21/h9-13,19-20,22H,3-8,14-17H2,1-2H3/b10-9+,13-12+,18-11+/t19-,20-/m0/s1. The lowest BCUT2D eigenvalue weighted by Gasteiger charge is -2.20. The van der Waals surface area contributed by atoms with Gasteiger partial charge in [-0.2, -0.15) is 0 Å². The summed E-state index contributed by atoms with van der Waals surface area (Å²) in [5, 5.41) is 10.2. The van der Waals surface area contributed by atoms with Crippen LogP contribution in [-0.2, 0) is 9.47 Å². The number of aliphatic hydroxyl groups is 1. The van der Waals surface area contributed by atoms with Gasteiger partial charge in [0.1, 0.15) is 0 Å². The number of rotatable bonds is 9. The van der Waals surface area contributed by atoms with E-state index >= 15 is 0 Å². The number of allylic oxidation sites excluding steroid dienone is 5. The van der Waals surface area contributed by atoms with Crippen LogP contribution in [0.4, 0.5) is 0 Å². The predicted molar refractivity (Wildman–Crippen MR) is 98.8 cm³/mol. The van der Waals surface area contributed by atoms with Gasteiger partial charge < -0.3 is 14.6 Å². The summed E-state index contributed by atoms with van der Waals surface area (Å²) >= 11 is 0. The third-order valence-electron chi connectivity index (χ3n) is 4.95. The van der Waals surface area contributed by atoms with Crippen molar-refractivity contribution in [2.24, 2.45) is 5.92 Å². The molecule has 1 saturated heterocycles. The maximum Gasteiger partial charge on any atom is 0.171 e.